The van der Waals surface area contributed by atoms with Gasteiger partial charge in [0.2, 0.25) is 5.91 Å². The minimum Gasteiger partial charge on any atom is -0.329 e. The van der Waals surface area contributed by atoms with Crippen LogP contribution in [0.4, 0.5) is 19.3 Å². The number of urea groups is 1. The second kappa shape index (κ2) is 5.01. The topological polar surface area (TPSA) is 78.5 Å². The summed E-state index contributed by atoms with van der Waals surface area (Å²) in [5.41, 5.74) is -0.612. The minimum absolute atomic E-state index is 0.194. The lowest BCUT2D eigenvalue weighted by Crippen LogP contribution is -2.38. The third-order valence-corrected chi connectivity index (χ3v) is 2.47. The van der Waals surface area contributed by atoms with Crippen LogP contribution < -0.4 is 10.6 Å². The maximum Gasteiger partial charge on any atom is 0.325 e. The van der Waals surface area contributed by atoms with Crippen LogP contribution in [0.1, 0.15) is 0 Å². The largest absolute Gasteiger partial charge is 0.329 e. The molecule has 2 rings (SSSR count). The highest BCUT2D eigenvalue weighted by Gasteiger charge is 2.30. The van der Waals surface area contributed by atoms with Gasteiger partial charge in [0.25, 0.3) is 5.91 Å². The summed E-state index contributed by atoms with van der Waals surface area (Å²) in [7, 11) is 0. The standard InChI is InChI=1S/C11H9F2N3O3/c12-6-2-1-3-7(13)10(6)15-8(17)5-16-9(18)4-14-11(16)19/h1-3H,4-5H2,(H,14,19)(H,15,17). The zero-order valence-electron chi connectivity index (χ0n) is 9.57. The van der Waals surface area contributed by atoms with E-state index in [9.17, 15) is 23.2 Å². The average molecular weight is 269 g/mol. The molecule has 1 heterocycles. The van der Waals surface area contributed by atoms with Gasteiger partial charge in [0.15, 0.2) is 0 Å². The summed E-state index contributed by atoms with van der Waals surface area (Å²) in [4.78, 5) is 34.6. The smallest absolute Gasteiger partial charge is 0.325 e. The fraction of sp³-hybridized carbons (Fsp3) is 0.182. The fourth-order valence-electron chi connectivity index (χ4n) is 1.56. The quantitative estimate of drug-likeness (QED) is 0.782. The average Bonchev–Trinajstić information content (AvgIpc) is 2.66. The van der Waals surface area contributed by atoms with Crippen molar-refractivity contribution in [2.75, 3.05) is 18.4 Å². The van der Waals surface area contributed by atoms with Gasteiger partial charge in [-0.3, -0.25) is 14.5 Å². The Balaban J connectivity index is 2.06. The maximum atomic E-state index is 13.3. The summed E-state index contributed by atoms with van der Waals surface area (Å²) in [5, 5.41) is 4.20. The van der Waals surface area contributed by atoms with Crippen LogP contribution in [0.25, 0.3) is 0 Å². The molecule has 100 valence electrons. The third-order valence-electron chi connectivity index (χ3n) is 2.47. The third kappa shape index (κ3) is 2.67. The van der Waals surface area contributed by atoms with E-state index in [1.807, 2.05) is 5.32 Å². The van der Waals surface area contributed by atoms with Crippen molar-refractivity contribution in [1.29, 1.82) is 0 Å². The molecule has 0 unspecified atom stereocenters. The van der Waals surface area contributed by atoms with Crippen molar-refractivity contribution >= 4 is 23.5 Å². The molecule has 0 aliphatic carbocycles. The molecule has 1 fully saturated rings. The maximum absolute atomic E-state index is 13.3. The second-order valence-corrected chi connectivity index (χ2v) is 3.78. The van der Waals surface area contributed by atoms with E-state index in [-0.39, 0.29) is 6.54 Å². The predicted octanol–water partition coefficient (Wildman–Crippen LogP) is 0.455. The molecular formula is C11H9F2N3O3. The first kappa shape index (κ1) is 12.9. The van der Waals surface area contributed by atoms with Gasteiger partial charge in [-0.2, -0.15) is 0 Å². The Morgan fingerprint density at radius 2 is 1.95 bits per heavy atom. The van der Waals surface area contributed by atoms with Gasteiger partial charge in [-0.25, -0.2) is 13.6 Å². The van der Waals surface area contributed by atoms with Gasteiger partial charge >= 0.3 is 6.03 Å². The molecule has 4 amide bonds. The van der Waals surface area contributed by atoms with Crippen LogP contribution in [0.15, 0.2) is 18.2 Å². The summed E-state index contributed by atoms with van der Waals surface area (Å²) in [5.74, 6) is -3.32. The number of para-hydroxylation sites is 1. The molecule has 0 atom stereocenters. The van der Waals surface area contributed by atoms with Crippen LogP contribution in [0.2, 0.25) is 0 Å². The van der Waals surface area contributed by atoms with Gasteiger partial charge in [0.05, 0.1) is 6.54 Å². The minimum atomic E-state index is -0.939. The van der Waals surface area contributed by atoms with E-state index in [0.29, 0.717) is 4.90 Å². The first-order chi connectivity index (χ1) is 8.99. The number of anilines is 1. The zero-order valence-corrected chi connectivity index (χ0v) is 9.57. The zero-order chi connectivity index (χ0) is 14.0. The lowest BCUT2D eigenvalue weighted by atomic mass is 10.3. The number of nitrogens with one attached hydrogen (secondary N) is 2. The van der Waals surface area contributed by atoms with Gasteiger partial charge in [-0.1, -0.05) is 6.07 Å². The molecule has 0 spiro atoms. The highest BCUT2D eigenvalue weighted by Crippen LogP contribution is 2.17. The highest BCUT2D eigenvalue weighted by molar-refractivity contribution is 6.06. The monoisotopic (exact) mass is 269 g/mol. The highest BCUT2D eigenvalue weighted by atomic mass is 19.1. The number of amides is 4. The van der Waals surface area contributed by atoms with Gasteiger partial charge in [-0.15, -0.1) is 0 Å². The molecule has 1 aliphatic rings. The molecule has 0 aromatic heterocycles. The summed E-state index contributed by atoms with van der Waals surface area (Å²) in [6.07, 6.45) is 0. The van der Waals surface area contributed by atoms with Crippen molar-refractivity contribution in [3.8, 4) is 0 Å². The van der Waals surface area contributed by atoms with Crippen LogP contribution in [0, 0.1) is 11.6 Å². The van der Waals surface area contributed by atoms with Crippen LogP contribution in [-0.4, -0.2) is 35.8 Å². The van der Waals surface area contributed by atoms with E-state index < -0.39 is 41.7 Å². The van der Waals surface area contributed by atoms with Gasteiger partial charge in [0.1, 0.15) is 23.9 Å². The van der Waals surface area contributed by atoms with E-state index in [4.69, 9.17) is 0 Å². The van der Waals surface area contributed by atoms with Gasteiger partial charge < -0.3 is 10.6 Å². The molecule has 0 saturated carbocycles. The number of hydrogen-bond donors (Lipinski definition) is 2. The van der Waals surface area contributed by atoms with Crippen LogP contribution in [0.5, 0.6) is 0 Å². The van der Waals surface area contributed by atoms with E-state index in [0.717, 1.165) is 18.2 Å². The number of halogens is 2. The van der Waals surface area contributed by atoms with Crippen LogP contribution in [0.3, 0.4) is 0 Å². The van der Waals surface area contributed by atoms with E-state index in [2.05, 4.69) is 5.32 Å². The Kier molecular flexibility index (Phi) is 3.41. The molecule has 1 aromatic rings. The molecule has 1 saturated heterocycles. The SMILES string of the molecule is O=C(CN1C(=O)CNC1=O)Nc1c(F)cccc1F. The number of carbonyl (C=O) groups excluding carboxylic acids is 3. The molecule has 0 bridgehead atoms. The first-order valence-electron chi connectivity index (χ1n) is 5.31. The van der Waals surface area contributed by atoms with Gasteiger partial charge in [-0.05, 0) is 12.1 Å². The van der Waals surface area contributed by atoms with Gasteiger partial charge in [0, 0.05) is 0 Å². The lowest BCUT2D eigenvalue weighted by Gasteiger charge is -2.12. The summed E-state index contributed by atoms with van der Waals surface area (Å²) in [6, 6.07) is 2.39. The van der Waals surface area contributed by atoms with Crippen molar-refractivity contribution in [2.24, 2.45) is 0 Å². The molecule has 1 aliphatic heterocycles. The lowest BCUT2D eigenvalue weighted by molar-refractivity contribution is -0.128. The van der Waals surface area contributed by atoms with E-state index >= 15 is 0 Å². The summed E-state index contributed by atoms with van der Waals surface area (Å²) >= 11 is 0. The summed E-state index contributed by atoms with van der Waals surface area (Å²) in [6.45, 7) is -0.793. The number of hydrogen-bond acceptors (Lipinski definition) is 3. The Bertz CT molecular complexity index is 526. The molecule has 2 N–H and O–H groups in total. The number of rotatable bonds is 3. The summed E-state index contributed by atoms with van der Waals surface area (Å²) < 4.78 is 26.5. The van der Waals surface area contributed by atoms with E-state index in [1.165, 1.54) is 0 Å². The first-order valence-corrected chi connectivity index (χ1v) is 5.31. The molecule has 0 radical (unpaired) electrons. The molecule has 1 aromatic carbocycles. The number of nitrogens with zero attached hydrogens (tertiary/aromatic N) is 1. The Morgan fingerprint density at radius 1 is 1.32 bits per heavy atom. The normalized spacial score (nSPS) is 14.5. The van der Waals surface area contributed by atoms with Crippen molar-refractivity contribution < 1.29 is 23.2 Å². The second-order valence-electron chi connectivity index (χ2n) is 3.78. The van der Waals surface area contributed by atoms with Crippen LogP contribution >= 0.6 is 0 Å². The van der Waals surface area contributed by atoms with Crippen molar-refractivity contribution in [3.05, 3.63) is 29.8 Å². The number of carbonyl (C=O) groups is 3. The van der Waals surface area contributed by atoms with Crippen molar-refractivity contribution in [1.82, 2.24) is 10.2 Å². The Labute approximate surface area is 106 Å². The Morgan fingerprint density at radius 3 is 2.47 bits per heavy atom. The molecule has 19 heavy (non-hydrogen) atoms. The molecule has 8 heteroatoms. The predicted molar refractivity (Wildman–Crippen MR) is 60.1 cm³/mol. The molecule has 6 nitrogen and oxygen atoms in total. The Hall–Kier alpha value is -2.51. The van der Waals surface area contributed by atoms with E-state index in [1.54, 1.807) is 0 Å². The fourth-order valence-corrected chi connectivity index (χ4v) is 1.56. The van der Waals surface area contributed by atoms with Crippen LogP contribution in [-0.2, 0) is 9.59 Å². The molecular weight excluding hydrogens is 260 g/mol. The van der Waals surface area contributed by atoms with Crippen molar-refractivity contribution in [2.45, 2.75) is 0 Å². The number of imide groups is 1. The number of benzene rings is 1. The van der Waals surface area contributed by atoms with Crippen molar-refractivity contribution in [3.63, 3.8) is 0 Å².